The van der Waals surface area contributed by atoms with Crippen molar-refractivity contribution in [2.24, 2.45) is 0 Å². The van der Waals surface area contributed by atoms with Crippen LogP contribution in [0.15, 0.2) is 30.5 Å². The third-order valence-corrected chi connectivity index (χ3v) is 4.03. The number of hydrogen-bond donors (Lipinski definition) is 2. The Kier molecular flexibility index (Phi) is 4.42. The van der Waals surface area contributed by atoms with E-state index < -0.39 is 15.8 Å². The lowest BCUT2D eigenvalue weighted by Crippen LogP contribution is -2.12. The molecule has 6 nitrogen and oxygen atoms in total. The zero-order valence-corrected chi connectivity index (χ0v) is 12.4. The highest BCUT2D eigenvalue weighted by atomic mass is 32.2. The molecule has 0 aliphatic carbocycles. The smallest absolute Gasteiger partial charge is 0.339 e. The Hall–Kier alpha value is -2.15. The average molecular weight is 308 g/mol. The number of carboxylic acid groups (broad SMARTS) is 1. The fourth-order valence-corrected chi connectivity index (χ4v) is 2.71. The Balaban J connectivity index is 2.27. The van der Waals surface area contributed by atoms with Crippen LogP contribution in [0.4, 0.5) is 5.69 Å². The minimum absolute atomic E-state index is 0.0609. The fraction of sp³-hybridized carbons (Fsp3) is 0.286. The normalized spacial score (nSPS) is 11.5. The van der Waals surface area contributed by atoms with E-state index in [1.807, 2.05) is 6.07 Å². The maximum Gasteiger partial charge on any atom is 0.339 e. The summed E-state index contributed by atoms with van der Waals surface area (Å²) >= 11 is 0. The largest absolute Gasteiger partial charge is 0.478 e. The highest BCUT2D eigenvalue weighted by Gasteiger charge is 2.14. The molecule has 0 unspecified atom stereocenters. The molecule has 0 radical (unpaired) electrons. The molecule has 0 saturated heterocycles. The number of nitrogens with one attached hydrogen (secondary N) is 1. The molecule has 1 aromatic heterocycles. The van der Waals surface area contributed by atoms with Crippen molar-refractivity contribution in [1.29, 1.82) is 0 Å². The number of aromatic carboxylic acids is 1. The first-order valence-corrected chi connectivity index (χ1v) is 8.47. The summed E-state index contributed by atoms with van der Waals surface area (Å²) in [7, 11) is -3.02. The molecule has 21 heavy (non-hydrogen) atoms. The summed E-state index contributed by atoms with van der Waals surface area (Å²) in [5.74, 6) is -1.01. The van der Waals surface area contributed by atoms with Crippen molar-refractivity contribution in [2.45, 2.75) is 6.42 Å². The van der Waals surface area contributed by atoms with Crippen molar-refractivity contribution < 1.29 is 18.3 Å². The number of rotatable bonds is 6. The SMILES string of the molecule is CS(=O)(=O)CCCNc1c(C(=O)O)cnc2ccccc12. The summed E-state index contributed by atoms with van der Waals surface area (Å²) in [6.45, 7) is 0.376. The Bertz CT molecular complexity index is 772. The lowest BCUT2D eigenvalue weighted by molar-refractivity contribution is 0.0697. The number of anilines is 1. The van der Waals surface area contributed by atoms with Gasteiger partial charge in [-0.2, -0.15) is 0 Å². The lowest BCUT2D eigenvalue weighted by atomic mass is 10.1. The molecular weight excluding hydrogens is 292 g/mol. The van der Waals surface area contributed by atoms with Crippen molar-refractivity contribution in [3.8, 4) is 0 Å². The number of carboxylic acids is 1. The Morgan fingerprint density at radius 1 is 1.33 bits per heavy atom. The van der Waals surface area contributed by atoms with Crippen molar-refractivity contribution in [3.63, 3.8) is 0 Å². The van der Waals surface area contributed by atoms with Crippen LogP contribution in [-0.4, -0.2) is 43.0 Å². The van der Waals surface area contributed by atoms with Gasteiger partial charge in [0.1, 0.15) is 15.4 Å². The highest BCUT2D eigenvalue weighted by molar-refractivity contribution is 7.90. The summed E-state index contributed by atoms with van der Waals surface area (Å²) in [6, 6.07) is 7.21. The molecule has 0 atom stereocenters. The van der Waals surface area contributed by atoms with Gasteiger partial charge in [0, 0.05) is 24.4 Å². The van der Waals surface area contributed by atoms with Crippen LogP contribution in [-0.2, 0) is 9.84 Å². The summed E-state index contributed by atoms with van der Waals surface area (Å²) in [4.78, 5) is 15.4. The molecular formula is C14H16N2O4S. The van der Waals surface area contributed by atoms with Gasteiger partial charge in [-0.15, -0.1) is 0 Å². The molecule has 0 spiro atoms. The fourth-order valence-electron chi connectivity index (χ4n) is 2.04. The van der Waals surface area contributed by atoms with E-state index in [1.54, 1.807) is 18.2 Å². The minimum atomic E-state index is -3.02. The molecule has 0 aliphatic rings. The van der Waals surface area contributed by atoms with Gasteiger partial charge in [0.2, 0.25) is 0 Å². The molecule has 0 fully saturated rings. The molecule has 0 amide bonds. The van der Waals surface area contributed by atoms with Crippen LogP contribution in [0, 0.1) is 0 Å². The van der Waals surface area contributed by atoms with Gasteiger partial charge in [0.15, 0.2) is 0 Å². The number of aromatic nitrogens is 1. The second kappa shape index (κ2) is 6.09. The standard InChI is InChI=1S/C14H16N2O4S/c1-21(19,20)8-4-7-15-13-10-5-2-3-6-12(10)16-9-11(13)14(17)18/h2-3,5-6,9H,4,7-8H2,1H3,(H,15,16)(H,17,18). The van der Waals surface area contributed by atoms with Crippen LogP contribution in [0.5, 0.6) is 0 Å². The van der Waals surface area contributed by atoms with Gasteiger partial charge in [0.05, 0.1) is 17.0 Å². The van der Waals surface area contributed by atoms with E-state index in [9.17, 15) is 18.3 Å². The van der Waals surface area contributed by atoms with Crippen LogP contribution in [0.1, 0.15) is 16.8 Å². The molecule has 0 aliphatic heterocycles. The molecule has 1 aromatic carbocycles. The van der Waals surface area contributed by atoms with E-state index in [0.717, 1.165) is 0 Å². The monoisotopic (exact) mass is 308 g/mol. The number of para-hydroxylation sites is 1. The number of benzene rings is 1. The molecule has 0 bridgehead atoms. The maximum absolute atomic E-state index is 11.3. The number of nitrogens with zero attached hydrogens (tertiary/aromatic N) is 1. The Morgan fingerprint density at radius 2 is 2.05 bits per heavy atom. The van der Waals surface area contributed by atoms with Gasteiger partial charge in [-0.05, 0) is 12.5 Å². The number of fused-ring (bicyclic) bond motifs is 1. The van der Waals surface area contributed by atoms with Crippen LogP contribution < -0.4 is 5.32 Å². The number of carbonyl (C=O) groups is 1. The van der Waals surface area contributed by atoms with Crippen LogP contribution >= 0.6 is 0 Å². The number of pyridine rings is 1. The van der Waals surface area contributed by atoms with E-state index in [4.69, 9.17) is 0 Å². The summed E-state index contributed by atoms with van der Waals surface area (Å²) < 4.78 is 22.2. The quantitative estimate of drug-likeness (QED) is 0.790. The first-order chi connectivity index (χ1) is 9.88. The minimum Gasteiger partial charge on any atom is -0.478 e. The predicted molar refractivity (Wildman–Crippen MR) is 81.5 cm³/mol. The second-order valence-corrected chi connectivity index (χ2v) is 7.04. The van der Waals surface area contributed by atoms with E-state index in [-0.39, 0.29) is 11.3 Å². The average Bonchev–Trinajstić information content (AvgIpc) is 2.42. The van der Waals surface area contributed by atoms with Gasteiger partial charge in [-0.3, -0.25) is 4.98 Å². The summed E-state index contributed by atoms with van der Waals surface area (Å²) in [6.07, 6.45) is 2.90. The van der Waals surface area contributed by atoms with Crippen molar-refractivity contribution >= 4 is 32.4 Å². The zero-order chi connectivity index (χ0) is 15.5. The van der Waals surface area contributed by atoms with Crippen LogP contribution in [0.2, 0.25) is 0 Å². The predicted octanol–water partition coefficient (Wildman–Crippen LogP) is 1.78. The maximum atomic E-state index is 11.3. The van der Waals surface area contributed by atoms with Crippen molar-refractivity contribution in [3.05, 3.63) is 36.0 Å². The zero-order valence-electron chi connectivity index (χ0n) is 11.5. The van der Waals surface area contributed by atoms with E-state index in [0.29, 0.717) is 29.6 Å². The molecule has 7 heteroatoms. The third-order valence-electron chi connectivity index (χ3n) is 3.00. The molecule has 1 heterocycles. The van der Waals surface area contributed by atoms with Gasteiger partial charge in [0.25, 0.3) is 0 Å². The van der Waals surface area contributed by atoms with E-state index >= 15 is 0 Å². The van der Waals surface area contributed by atoms with Crippen molar-refractivity contribution in [2.75, 3.05) is 23.9 Å². The summed E-state index contributed by atoms with van der Waals surface area (Å²) in [5.41, 5.74) is 1.24. The molecule has 0 saturated carbocycles. The van der Waals surface area contributed by atoms with Crippen LogP contribution in [0.25, 0.3) is 10.9 Å². The third kappa shape index (κ3) is 3.91. The molecule has 2 rings (SSSR count). The number of hydrogen-bond acceptors (Lipinski definition) is 5. The highest BCUT2D eigenvalue weighted by Crippen LogP contribution is 2.25. The molecule has 112 valence electrons. The van der Waals surface area contributed by atoms with E-state index in [2.05, 4.69) is 10.3 Å². The van der Waals surface area contributed by atoms with Crippen LogP contribution in [0.3, 0.4) is 0 Å². The van der Waals surface area contributed by atoms with Gasteiger partial charge in [-0.1, -0.05) is 18.2 Å². The molecule has 2 N–H and O–H groups in total. The van der Waals surface area contributed by atoms with Gasteiger partial charge < -0.3 is 10.4 Å². The van der Waals surface area contributed by atoms with Gasteiger partial charge in [-0.25, -0.2) is 13.2 Å². The summed E-state index contributed by atoms with van der Waals surface area (Å²) in [5, 5.41) is 13.0. The first kappa shape index (κ1) is 15.2. The second-order valence-electron chi connectivity index (χ2n) is 4.78. The topological polar surface area (TPSA) is 96.4 Å². The Morgan fingerprint density at radius 3 is 2.71 bits per heavy atom. The van der Waals surface area contributed by atoms with E-state index in [1.165, 1.54) is 12.5 Å². The lowest BCUT2D eigenvalue weighted by Gasteiger charge is -2.12. The van der Waals surface area contributed by atoms with Gasteiger partial charge >= 0.3 is 5.97 Å². The first-order valence-electron chi connectivity index (χ1n) is 6.41. The van der Waals surface area contributed by atoms with Crippen molar-refractivity contribution in [1.82, 2.24) is 4.98 Å². The molecule has 2 aromatic rings. The Labute approximate surface area is 122 Å². The number of sulfone groups is 1.